The van der Waals surface area contributed by atoms with Crippen molar-refractivity contribution in [3.05, 3.63) is 59.7 Å². The van der Waals surface area contributed by atoms with Crippen LogP contribution >= 0.6 is 0 Å². The summed E-state index contributed by atoms with van der Waals surface area (Å²) in [7, 11) is 1.29. The van der Waals surface area contributed by atoms with E-state index in [9.17, 15) is 13.2 Å². The number of anilines is 1. The number of piperidine rings is 1. The first-order chi connectivity index (χ1) is 13.5. The minimum Gasteiger partial charge on any atom is -0.496 e. The number of rotatable bonds is 5. The molecule has 0 radical (unpaired) electrons. The summed E-state index contributed by atoms with van der Waals surface area (Å²) in [5.74, 6) is 1.92. The fourth-order valence-corrected chi connectivity index (χ4v) is 4.69. The number of ether oxygens (including phenoxy) is 1. The molecule has 2 aliphatic rings. The van der Waals surface area contributed by atoms with Gasteiger partial charge in [0.15, 0.2) is 0 Å². The van der Waals surface area contributed by atoms with Gasteiger partial charge in [-0.2, -0.15) is 13.2 Å². The van der Waals surface area contributed by atoms with Gasteiger partial charge in [0.2, 0.25) is 0 Å². The highest BCUT2D eigenvalue weighted by Gasteiger charge is 2.41. The SMILES string of the molecule is COc1cccc(N2CCC(CC3CC3c3ccccc3)CC2)c1C(F)(F)F. The Kier molecular flexibility index (Phi) is 5.26. The van der Waals surface area contributed by atoms with Gasteiger partial charge in [-0.1, -0.05) is 36.4 Å². The molecular weight excluding hydrogens is 363 g/mol. The molecule has 2 atom stereocenters. The Morgan fingerprint density at radius 2 is 1.71 bits per heavy atom. The van der Waals surface area contributed by atoms with E-state index in [4.69, 9.17) is 4.74 Å². The topological polar surface area (TPSA) is 12.5 Å². The number of benzene rings is 2. The van der Waals surface area contributed by atoms with Gasteiger partial charge in [-0.05, 0) is 61.1 Å². The normalized spacial score (nSPS) is 22.9. The molecule has 0 N–H and O–H groups in total. The Morgan fingerprint density at radius 1 is 1.00 bits per heavy atom. The van der Waals surface area contributed by atoms with Gasteiger partial charge in [0.1, 0.15) is 11.3 Å². The van der Waals surface area contributed by atoms with Crippen LogP contribution in [0.25, 0.3) is 0 Å². The number of nitrogens with zero attached hydrogens (tertiary/aromatic N) is 1. The minimum atomic E-state index is -4.42. The molecule has 0 spiro atoms. The van der Waals surface area contributed by atoms with Crippen molar-refractivity contribution >= 4 is 5.69 Å². The molecule has 1 saturated heterocycles. The average molecular weight is 389 g/mol. The van der Waals surface area contributed by atoms with E-state index < -0.39 is 11.7 Å². The molecule has 2 unspecified atom stereocenters. The van der Waals surface area contributed by atoms with Gasteiger partial charge in [0.25, 0.3) is 0 Å². The number of halogens is 3. The van der Waals surface area contributed by atoms with Crippen LogP contribution in [0.15, 0.2) is 48.5 Å². The third-order valence-corrected chi connectivity index (χ3v) is 6.25. The van der Waals surface area contributed by atoms with Crippen LogP contribution in [0.2, 0.25) is 0 Å². The van der Waals surface area contributed by atoms with E-state index in [0.717, 1.165) is 18.8 Å². The zero-order chi connectivity index (χ0) is 19.7. The Balaban J connectivity index is 1.38. The molecular formula is C23H26F3NO. The summed E-state index contributed by atoms with van der Waals surface area (Å²) in [5, 5.41) is 0. The second-order valence-electron chi connectivity index (χ2n) is 8.03. The van der Waals surface area contributed by atoms with Crippen LogP contribution < -0.4 is 9.64 Å². The molecule has 2 aromatic carbocycles. The molecule has 2 nitrogen and oxygen atoms in total. The Hall–Kier alpha value is -2.17. The molecule has 1 aliphatic carbocycles. The minimum absolute atomic E-state index is 0.101. The fourth-order valence-electron chi connectivity index (χ4n) is 4.69. The van der Waals surface area contributed by atoms with Crippen molar-refractivity contribution in [1.29, 1.82) is 0 Å². The highest BCUT2D eigenvalue weighted by atomic mass is 19.4. The highest BCUT2D eigenvalue weighted by Crippen LogP contribution is 2.52. The number of alkyl halides is 3. The van der Waals surface area contributed by atoms with Crippen molar-refractivity contribution in [1.82, 2.24) is 0 Å². The molecule has 1 aliphatic heterocycles. The smallest absolute Gasteiger partial charge is 0.421 e. The highest BCUT2D eigenvalue weighted by molar-refractivity contribution is 5.61. The summed E-state index contributed by atoms with van der Waals surface area (Å²) >= 11 is 0. The van der Waals surface area contributed by atoms with Crippen LogP contribution in [0.5, 0.6) is 5.75 Å². The number of methoxy groups -OCH3 is 1. The first-order valence-corrected chi connectivity index (χ1v) is 10.0. The predicted molar refractivity (Wildman–Crippen MR) is 105 cm³/mol. The standard InChI is InChI=1S/C23H26F3NO/c1-28-21-9-5-8-20(22(21)23(24,25)26)27-12-10-16(11-13-27)14-18-15-19(18)17-6-3-2-4-7-17/h2-9,16,18-19H,10-15H2,1H3. The summed E-state index contributed by atoms with van der Waals surface area (Å²) in [4.78, 5) is 1.88. The molecule has 4 rings (SSSR count). The van der Waals surface area contributed by atoms with Gasteiger partial charge in [0, 0.05) is 13.1 Å². The van der Waals surface area contributed by atoms with Crippen molar-refractivity contribution < 1.29 is 17.9 Å². The molecule has 1 heterocycles. The maximum absolute atomic E-state index is 13.6. The number of hydrogen-bond donors (Lipinski definition) is 0. The van der Waals surface area contributed by atoms with E-state index in [2.05, 4.69) is 24.3 Å². The molecule has 1 saturated carbocycles. The molecule has 5 heteroatoms. The summed E-state index contributed by atoms with van der Waals surface area (Å²) < 4.78 is 45.8. The molecule has 2 fully saturated rings. The molecule has 0 aromatic heterocycles. The first-order valence-electron chi connectivity index (χ1n) is 10.0. The molecule has 0 bridgehead atoms. The third-order valence-electron chi connectivity index (χ3n) is 6.25. The van der Waals surface area contributed by atoms with E-state index >= 15 is 0 Å². The summed E-state index contributed by atoms with van der Waals surface area (Å²) in [5.41, 5.74) is 1.03. The van der Waals surface area contributed by atoms with Crippen LogP contribution in [0.1, 0.15) is 42.7 Å². The molecule has 150 valence electrons. The van der Waals surface area contributed by atoms with Gasteiger partial charge >= 0.3 is 6.18 Å². The van der Waals surface area contributed by atoms with Crippen molar-refractivity contribution in [2.75, 3.05) is 25.1 Å². The zero-order valence-electron chi connectivity index (χ0n) is 16.1. The number of hydrogen-bond acceptors (Lipinski definition) is 2. The second-order valence-corrected chi connectivity index (χ2v) is 8.03. The molecule has 0 amide bonds. The van der Waals surface area contributed by atoms with Crippen LogP contribution in [0.4, 0.5) is 18.9 Å². The second kappa shape index (κ2) is 7.69. The van der Waals surface area contributed by atoms with E-state index in [1.54, 1.807) is 12.1 Å². The van der Waals surface area contributed by atoms with E-state index in [1.807, 2.05) is 11.0 Å². The average Bonchev–Trinajstić information content (AvgIpc) is 3.47. The largest absolute Gasteiger partial charge is 0.496 e. The van der Waals surface area contributed by atoms with Crippen LogP contribution in [-0.4, -0.2) is 20.2 Å². The molecule has 28 heavy (non-hydrogen) atoms. The van der Waals surface area contributed by atoms with Gasteiger partial charge in [-0.3, -0.25) is 0 Å². The van der Waals surface area contributed by atoms with Gasteiger partial charge in [-0.15, -0.1) is 0 Å². The summed E-state index contributed by atoms with van der Waals surface area (Å²) in [6, 6.07) is 15.2. The van der Waals surface area contributed by atoms with Gasteiger partial charge in [0.05, 0.1) is 12.8 Å². The maximum Gasteiger partial charge on any atom is 0.421 e. The first kappa shape index (κ1) is 19.2. The Morgan fingerprint density at radius 3 is 2.36 bits per heavy atom. The lowest BCUT2D eigenvalue weighted by Crippen LogP contribution is -2.35. The van der Waals surface area contributed by atoms with Crippen molar-refractivity contribution in [3.8, 4) is 5.75 Å². The van der Waals surface area contributed by atoms with E-state index in [-0.39, 0.29) is 11.4 Å². The third kappa shape index (κ3) is 3.98. The summed E-state index contributed by atoms with van der Waals surface area (Å²) in [6.07, 6.45) is -0.0787. The van der Waals surface area contributed by atoms with E-state index in [0.29, 0.717) is 24.9 Å². The van der Waals surface area contributed by atoms with Crippen LogP contribution in [-0.2, 0) is 6.18 Å². The van der Waals surface area contributed by atoms with Crippen LogP contribution in [0.3, 0.4) is 0 Å². The lowest BCUT2D eigenvalue weighted by molar-refractivity contribution is -0.138. The predicted octanol–water partition coefficient (Wildman–Crippen LogP) is 6.12. The van der Waals surface area contributed by atoms with Gasteiger partial charge < -0.3 is 9.64 Å². The Labute approximate surface area is 164 Å². The summed E-state index contributed by atoms with van der Waals surface area (Å²) in [6.45, 7) is 1.34. The lowest BCUT2D eigenvalue weighted by Gasteiger charge is -2.35. The van der Waals surface area contributed by atoms with Crippen LogP contribution in [0, 0.1) is 11.8 Å². The quantitative estimate of drug-likeness (QED) is 0.610. The van der Waals surface area contributed by atoms with Crippen molar-refractivity contribution in [3.63, 3.8) is 0 Å². The van der Waals surface area contributed by atoms with Crippen molar-refractivity contribution in [2.45, 2.75) is 37.8 Å². The van der Waals surface area contributed by atoms with E-state index in [1.165, 1.54) is 31.6 Å². The zero-order valence-corrected chi connectivity index (χ0v) is 16.1. The monoisotopic (exact) mass is 389 g/mol. The molecule has 2 aromatic rings. The fraction of sp³-hybridized carbons (Fsp3) is 0.478. The van der Waals surface area contributed by atoms with Gasteiger partial charge in [-0.25, -0.2) is 0 Å². The van der Waals surface area contributed by atoms with Crippen molar-refractivity contribution in [2.24, 2.45) is 11.8 Å². The lowest BCUT2D eigenvalue weighted by atomic mass is 9.90. The Bertz CT molecular complexity index is 797. The maximum atomic E-state index is 13.6.